The number of carbonyl (C=O) groups excluding carboxylic acids is 2. The second-order valence-electron chi connectivity index (χ2n) is 5.29. The highest BCUT2D eigenvalue weighted by atomic mass is 16.5. The van der Waals surface area contributed by atoms with Crippen LogP contribution in [0.3, 0.4) is 0 Å². The first-order valence-corrected chi connectivity index (χ1v) is 7.47. The minimum absolute atomic E-state index is 0.0477. The van der Waals surface area contributed by atoms with Gasteiger partial charge in [0.1, 0.15) is 11.8 Å². The van der Waals surface area contributed by atoms with Gasteiger partial charge in [-0.05, 0) is 37.1 Å². The molecule has 0 radical (unpaired) electrons. The highest BCUT2D eigenvalue weighted by Crippen LogP contribution is 2.14. The van der Waals surface area contributed by atoms with Gasteiger partial charge in [-0.3, -0.25) is 4.79 Å². The van der Waals surface area contributed by atoms with Crippen molar-refractivity contribution in [2.24, 2.45) is 5.92 Å². The number of nitrogens with zero attached hydrogens (tertiary/aromatic N) is 1. The van der Waals surface area contributed by atoms with Crippen LogP contribution in [0.25, 0.3) is 0 Å². The molecule has 0 saturated carbocycles. The molecular formula is C17H22N2O4. The smallest absolute Gasteiger partial charge is 0.328 e. The maximum atomic E-state index is 12.2. The third-order valence-electron chi connectivity index (χ3n) is 3.63. The van der Waals surface area contributed by atoms with Gasteiger partial charge < -0.3 is 14.8 Å². The number of nitriles is 1. The molecule has 0 aromatic heterocycles. The molecule has 124 valence electrons. The maximum absolute atomic E-state index is 12.2. The first-order chi connectivity index (χ1) is 10.9. The van der Waals surface area contributed by atoms with E-state index >= 15 is 0 Å². The Morgan fingerprint density at radius 3 is 2.35 bits per heavy atom. The zero-order valence-corrected chi connectivity index (χ0v) is 13.8. The molecule has 3 atom stereocenters. The third-order valence-corrected chi connectivity index (χ3v) is 3.63. The molecule has 0 saturated heterocycles. The Hall–Kier alpha value is -2.55. The van der Waals surface area contributed by atoms with Crippen molar-refractivity contribution in [2.45, 2.75) is 39.3 Å². The zero-order chi connectivity index (χ0) is 17.4. The number of rotatable bonds is 7. The summed E-state index contributed by atoms with van der Waals surface area (Å²) in [5.74, 6) is -0.443. The van der Waals surface area contributed by atoms with E-state index in [-0.39, 0.29) is 5.92 Å². The fourth-order valence-corrected chi connectivity index (χ4v) is 1.93. The lowest BCUT2D eigenvalue weighted by Crippen LogP contribution is -2.49. The van der Waals surface area contributed by atoms with Crippen molar-refractivity contribution in [3.63, 3.8) is 0 Å². The van der Waals surface area contributed by atoms with Crippen LogP contribution in [-0.4, -0.2) is 31.1 Å². The average Bonchev–Trinajstić information content (AvgIpc) is 2.58. The summed E-state index contributed by atoms with van der Waals surface area (Å²) < 4.78 is 10.3. The highest BCUT2D eigenvalue weighted by Gasteiger charge is 2.28. The topological polar surface area (TPSA) is 88.4 Å². The van der Waals surface area contributed by atoms with Crippen molar-refractivity contribution in [1.29, 1.82) is 5.26 Å². The lowest BCUT2D eigenvalue weighted by molar-refractivity contribution is -0.147. The van der Waals surface area contributed by atoms with E-state index in [0.717, 1.165) is 6.42 Å². The van der Waals surface area contributed by atoms with E-state index in [1.54, 1.807) is 31.2 Å². The SMILES string of the molecule is CCC(C)C(NC(=O)C(C)Oc1ccc(C#N)cc1)C(=O)OC. The molecule has 0 aliphatic carbocycles. The average molecular weight is 318 g/mol. The molecule has 0 bridgehead atoms. The summed E-state index contributed by atoms with van der Waals surface area (Å²) in [6, 6.07) is 7.76. The van der Waals surface area contributed by atoms with E-state index < -0.39 is 24.0 Å². The van der Waals surface area contributed by atoms with Crippen molar-refractivity contribution >= 4 is 11.9 Å². The van der Waals surface area contributed by atoms with Crippen LogP contribution < -0.4 is 10.1 Å². The van der Waals surface area contributed by atoms with Gasteiger partial charge in [0.2, 0.25) is 0 Å². The van der Waals surface area contributed by atoms with Gasteiger partial charge in [0.05, 0.1) is 18.7 Å². The molecule has 0 aliphatic rings. The largest absolute Gasteiger partial charge is 0.481 e. The molecule has 23 heavy (non-hydrogen) atoms. The molecular weight excluding hydrogens is 296 g/mol. The minimum atomic E-state index is -0.779. The van der Waals surface area contributed by atoms with Gasteiger partial charge in [0.15, 0.2) is 6.10 Å². The number of hydrogen-bond acceptors (Lipinski definition) is 5. The number of esters is 1. The quantitative estimate of drug-likeness (QED) is 0.777. The van der Waals surface area contributed by atoms with E-state index in [2.05, 4.69) is 5.32 Å². The standard InChI is InChI=1S/C17H22N2O4/c1-5-11(2)15(17(21)22-4)19-16(20)12(3)23-14-8-6-13(10-18)7-9-14/h6-9,11-12,15H,5H2,1-4H3,(H,19,20). The number of carbonyl (C=O) groups is 2. The molecule has 0 heterocycles. The fourth-order valence-electron chi connectivity index (χ4n) is 1.93. The molecule has 1 aromatic carbocycles. The molecule has 6 nitrogen and oxygen atoms in total. The number of ether oxygens (including phenoxy) is 2. The maximum Gasteiger partial charge on any atom is 0.328 e. The van der Waals surface area contributed by atoms with Crippen LogP contribution in [0.1, 0.15) is 32.8 Å². The molecule has 3 unspecified atom stereocenters. The predicted octanol–water partition coefficient (Wildman–Crippen LogP) is 2.03. The van der Waals surface area contributed by atoms with E-state index in [9.17, 15) is 9.59 Å². The third kappa shape index (κ3) is 5.29. The van der Waals surface area contributed by atoms with Crippen molar-refractivity contribution in [1.82, 2.24) is 5.32 Å². The summed E-state index contributed by atoms with van der Waals surface area (Å²) in [7, 11) is 1.29. The summed E-state index contributed by atoms with van der Waals surface area (Å²) in [6.45, 7) is 5.40. The van der Waals surface area contributed by atoms with Crippen LogP contribution in [0.15, 0.2) is 24.3 Å². The zero-order valence-electron chi connectivity index (χ0n) is 13.8. The first-order valence-electron chi connectivity index (χ1n) is 7.47. The van der Waals surface area contributed by atoms with Crippen LogP contribution in [0, 0.1) is 17.2 Å². The van der Waals surface area contributed by atoms with E-state index in [1.807, 2.05) is 19.9 Å². The second kappa shape index (κ2) is 8.79. The van der Waals surface area contributed by atoms with Crippen molar-refractivity contribution in [2.75, 3.05) is 7.11 Å². The van der Waals surface area contributed by atoms with E-state index in [4.69, 9.17) is 14.7 Å². The number of benzene rings is 1. The van der Waals surface area contributed by atoms with Crippen LogP contribution in [-0.2, 0) is 14.3 Å². The number of nitrogens with one attached hydrogen (secondary N) is 1. The molecule has 0 fully saturated rings. The molecule has 0 aliphatic heterocycles. The molecule has 1 N–H and O–H groups in total. The minimum Gasteiger partial charge on any atom is -0.481 e. The van der Waals surface area contributed by atoms with Crippen LogP contribution in [0.4, 0.5) is 0 Å². The van der Waals surface area contributed by atoms with Crippen LogP contribution >= 0.6 is 0 Å². The summed E-state index contributed by atoms with van der Waals surface area (Å²) >= 11 is 0. The predicted molar refractivity (Wildman–Crippen MR) is 84.6 cm³/mol. The van der Waals surface area contributed by atoms with Gasteiger partial charge in [-0.1, -0.05) is 20.3 Å². The Bertz CT molecular complexity index is 577. The summed E-state index contributed by atoms with van der Waals surface area (Å²) in [4.78, 5) is 24.0. The Morgan fingerprint density at radius 1 is 1.26 bits per heavy atom. The first kappa shape index (κ1) is 18.5. The molecule has 1 amide bonds. The number of amides is 1. The van der Waals surface area contributed by atoms with Crippen molar-refractivity contribution in [3.8, 4) is 11.8 Å². The Kier molecular flexibility index (Phi) is 7.07. The molecule has 1 rings (SSSR count). The van der Waals surface area contributed by atoms with E-state index in [0.29, 0.717) is 11.3 Å². The second-order valence-corrected chi connectivity index (χ2v) is 5.29. The Balaban J connectivity index is 2.70. The molecule has 1 aromatic rings. The van der Waals surface area contributed by atoms with Gasteiger partial charge in [-0.2, -0.15) is 5.26 Å². The number of methoxy groups -OCH3 is 1. The molecule has 0 spiro atoms. The van der Waals surface area contributed by atoms with Crippen LogP contribution in [0.2, 0.25) is 0 Å². The van der Waals surface area contributed by atoms with Crippen molar-refractivity contribution < 1.29 is 19.1 Å². The fraction of sp³-hybridized carbons (Fsp3) is 0.471. The summed E-state index contributed by atoms with van der Waals surface area (Å²) in [5.41, 5.74) is 0.511. The lowest BCUT2D eigenvalue weighted by Gasteiger charge is -2.23. The summed E-state index contributed by atoms with van der Waals surface area (Å²) in [5, 5.41) is 11.4. The van der Waals surface area contributed by atoms with E-state index in [1.165, 1.54) is 7.11 Å². The van der Waals surface area contributed by atoms with Gasteiger partial charge in [-0.15, -0.1) is 0 Å². The number of hydrogen-bond donors (Lipinski definition) is 1. The Labute approximate surface area is 136 Å². The highest BCUT2D eigenvalue weighted by molar-refractivity contribution is 5.87. The summed E-state index contributed by atoms with van der Waals surface area (Å²) in [6.07, 6.45) is -0.0515. The lowest BCUT2D eigenvalue weighted by atomic mass is 9.99. The normalized spacial score (nSPS) is 14.0. The molecule has 6 heteroatoms. The Morgan fingerprint density at radius 2 is 1.87 bits per heavy atom. The van der Waals surface area contributed by atoms with Crippen molar-refractivity contribution in [3.05, 3.63) is 29.8 Å². The van der Waals surface area contributed by atoms with Crippen LogP contribution in [0.5, 0.6) is 5.75 Å². The van der Waals surface area contributed by atoms with Gasteiger partial charge in [0.25, 0.3) is 5.91 Å². The van der Waals surface area contributed by atoms with Gasteiger partial charge in [-0.25, -0.2) is 4.79 Å². The monoisotopic (exact) mass is 318 g/mol. The van der Waals surface area contributed by atoms with Gasteiger partial charge >= 0.3 is 5.97 Å². The van der Waals surface area contributed by atoms with Gasteiger partial charge in [0, 0.05) is 0 Å².